The van der Waals surface area contributed by atoms with Gasteiger partial charge in [0.05, 0.1) is 6.54 Å². The van der Waals surface area contributed by atoms with Crippen LogP contribution in [0.1, 0.15) is 0 Å². The Morgan fingerprint density at radius 2 is 1.92 bits per heavy atom. The van der Waals surface area contributed by atoms with Crippen molar-refractivity contribution in [2.75, 3.05) is 25.5 Å². The van der Waals surface area contributed by atoms with Crippen molar-refractivity contribution in [2.45, 2.75) is 0 Å². The van der Waals surface area contributed by atoms with E-state index in [1.807, 2.05) is 6.07 Å². The number of rotatable bonds is 6. The van der Waals surface area contributed by atoms with E-state index in [0.29, 0.717) is 11.4 Å². The Morgan fingerprint density at radius 3 is 2.58 bits per heavy atom. The predicted molar refractivity (Wildman–Crippen MR) is 92.3 cm³/mol. The Bertz CT molecular complexity index is 722. The lowest BCUT2D eigenvalue weighted by atomic mass is 10.3. The third-order valence-corrected chi connectivity index (χ3v) is 3.59. The van der Waals surface area contributed by atoms with E-state index in [1.165, 1.54) is 36.2 Å². The zero-order valence-corrected chi connectivity index (χ0v) is 14.5. The fourth-order valence-corrected chi connectivity index (χ4v) is 2.23. The van der Waals surface area contributed by atoms with Crippen molar-refractivity contribution in [1.82, 2.24) is 4.90 Å². The van der Waals surface area contributed by atoms with Crippen LogP contribution >= 0.6 is 15.9 Å². The smallest absolute Gasteiger partial charge is 0.260 e. The number of carbonyl (C=O) groups excluding carboxylic acids is 2. The van der Waals surface area contributed by atoms with Gasteiger partial charge < -0.3 is 15.0 Å². The molecule has 0 saturated carbocycles. The van der Waals surface area contributed by atoms with E-state index in [1.54, 1.807) is 18.2 Å². The zero-order chi connectivity index (χ0) is 17.5. The molecule has 24 heavy (non-hydrogen) atoms. The third-order valence-electron chi connectivity index (χ3n) is 3.09. The minimum absolute atomic E-state index is 0.127. The van der Waals surface area contributed by atoms with Gasteiger partial charge in [0.1, 0.15) is 11.6 Å². The summed E-state index contributed by atoms with van der Waals surface area (Å²) in [6.07, 6.45) is 0. The first-order chi connectivity index (χ1) is 11.4. The summed E-state index contributed by atoms with van der Waals surface area (Å²) in [7, 11) is 1.51. The molecule has 0 bridgehead atoms. The van der Waals surface area contributed by atoms with E-state index < -0.39 is 0 Å². The fourth-order valence-electron chi connectivity index (χ4n) is 1.85. The quantitative estimate of drug-likeness (QED) is 0.818. The normalized spacial score (nSPS) is 10.1. The number of carbonyl (C=O) groups is 2. The van der Waals surface area contributed by atoms with E-state index in [-0.39, 0.29) is 30.8 Å². The number of hydrogen-bond acceptors (Lipinski definition) is 3. The van der Waals surface area contributed by atoms with Crippen LogP contribution in [0, 0.1) is 5.82 Å². The first-order valence-corrected chi connectivity index (χ1v) is 7.91. The minimum Gasteiger partial charge on any atom is -0.484 e. The van der Waals surface area contributed by atoms with Crippen LogP contribution in [0.2, 0.25) is 0 Å². The molecular formula is C17H16BrFN2O3. The van der Waals surface area contributed by atoms with Crippen LogP contribution in [0.4, 0.5) is 10.1 Å². The molecule has 2 amide bonds. The number of benzene rings is 2. The molecule has 0 aliphatic heterocycles. The predicted octanol–water partition coefficient (Wildman–Crippen LogP) is 3.06. The maximum atomic E-state index is 12.8. The standard InChI is InChI=1S/C17H16BrFN2O3/c1-21(10-16(22)20-14-7-5-13(19)6-8-14)17(23)11-24-15-4-2-3-12(18)9-15/h2-9H,10-11H2,1H3,(H,20,22). The van der Waals surface area contributed by atoms with Gasteiger partial charge in [0, 0.05) is 17.2 Å². The van der Waals surface area contributed by atoms with Crippen molar-refractivity contribution in [3.63, 3.8) is 0 Å². The first kappa shape index (κ1) is 17.9. The summed E-state index contributed by atoms with van der Waals surface area (Å²) in [6, 6.07) is 12.5. The lowest BCUT2D eigenvalue weighted by Crippen LogP contribution is -2.37. The van der Waals surface area contributed by atoms with Crippen LogP contribution in [0.5, 0.6) is 5.75 Å². The second-order valence-corrected chi connectivity index (χ2v) is 5.97. The fraction of sp³-hybridized carbons (Fsp3) is 0.176. The number of hydrogen-bond donors (Lipinski definition) is 1. The van der Waals surface area contributed by atoms with Crippen LogP contribution in [-0.2, 0) is 9.59 Å². The largest absolute Gasteiger partial charge is 0.484 e. The number of amides is 2. The van der Waals surface area contributed by atoms with Gasteiger partial charge in [0.2, 0.25) is 5.91 Å². The molecule has 0 aromatic heterocycles. The van der Waals surface area contributed by atoms with Gasteiger partial charge in [-0.05, 0) is 42.5 Å². The maximum absolute atomic E-state index is 12.8. The summed E-state index contributed by atoms with van der Waals surface area (Å²) in [5, 5.41) is 2.59. The van der Waals surface area contributed by atoms with Crippen molar-refractivity contribution in [3.8, 4) is 5.75 Å². The van der Waals surface area contributed by atoms with Crippen molar-refractivity contribution >= 4 is 33.4 Å². The first-order valence-electron chi connectivity index (χ1n) is 7.12. The van der Waals surface area contributed by atoms with Gasteiger partial charge in [0.15, 0.2) is 6.61 Å². The molecule has 0 fully saturated rings. The molecule has 7 heteroatoms. The molecule has 0 spiro atoms. The SMILES string of the molecule is CN(CC(=O)Nc1ccc(F)cc1)C(=O)COc1cccc(Br)c1. The summed E-state index contributed by atoms with van der Waals surface area (Å²) >= 11 is 3.32. The number of nitrogens with zero attached hydrogens (tertiary/aromatic N) is 1. The Kier molecular flexibility index (Phi) is 6.31. The molecule has 0 heterocycles. The molecule has 0 saturated heterocycles. The second-order valence-electron chi connectivity index (χ2n) is 5.05. The van der Waals surface area contributed by atoms with Gasteiger partial charge in [-0.2, -0.15) is 0 Å². The van der Waals surface area contributed by atoms with Gasteiger partial charge in [0.25, 0.3) is 5.91 Å². The van der Waals surface area contributed by atoms with E-state index in [0.717, 1.165) is 4.47 Å². The van der Waals surface area contributed by atoms with Crippen molar-refractivity contribution in [1.29, 1.82) is 0 Å². The van der Waals surface area contributed by atoms with Crippen molar-refractivity contribution < 1.29 is 18.7 Å². The average molecular weight is 395 g/mol. The Hall–Kier alpha value is -2.41. The molecule has 126 valence electrons. The van der Waals surface area contributed by atoms with Gasteiger partial charge in [-0.15, -0.1) is 0 Å². The maximum Gasteiger partial charge on any atom is 0.260 e. The third kappa shape index (κ3) is 5.66. The highest BCUT2D eigenvalue weighted by molar-refractivity contribution is 9.10. The lowest BCUT2D eigenvalue weighted by Gasteiger charge is -2.17. The van der Waals surface area contributed by atoms with Gasteiger partial charge >= 0.3 is 0 Å². The lowest BCUT2D eigenvalue weighted by molar-refractivity contribution is -0.135. The highest BCUT2D eigenvalue weighted by Gasteiger charge is 2.14. The molecule has 2 aromatic rings. The van der Waals surface area contributed by atoms with Gasteiger partial charge in [-0.1, -0.05) is 22.0 Å². The molecule has 0 unspecified atom stereocenters. The Labute approximate surface area is 147 Å². The number of anilines is 1. The number of ether oxygens (including phenoxy) is 1. The Balaban J connectivity index is 1.80. The second kappa shape index (κ2) is 8.44. The summed E-state index contributed by atoms with van der Waals surface area (Å²) in [6.45, 7) is -0.297. The number of nitrogens with one attached hydrogen (secondary N) is 1. The van der Waals surface area contributed by atoms with Crippen LogP contribution < -0.4 is 10.1 Å². The van der Waals surface area contributed by atoms with Crippen molar-refractivity contribution in [3.05, 3.63) is 58.8 Å². The monoisotopic (exact) mass is 394 g/mol. The van der Waals surface area contributed by atoms with Gasteiger partial charge in [-0.3, -0.25) is 9.59 Å². The Morgan fingerprint density at radius 1 is 1.21 bits per heavy atom. The van der Waals surface area contributed by atoms with E-state index in [2.05, 4.69) is 21.2 Å². The molecule has 2 aromatic carbocycles. The van der Waals surface area contributed by atoms with Crippen LogP contribution in [0.25, 0.3) is 0 Å². The molecule has 5 nitrogen and oxygen atoms in total. The van der Waals surface area contributed by atoms with E-state index in [9.17, 15) is 14.0 Å². The summed E-state index contributed by atoms with van der Waals surface area (Å²) in [5.41, 5.74) is 0.465. The molecule has 0 radical (unpaired) electrons. The number of halogens is 2. The summed E-state index contributed by atoms with van der Waals surface area (Å²) in [5.74, 6) is -0.531. The van der Waals surface area contributed by atoms with E-state index >= 15 is 0 Å². The summed E-state index contributed by atoms with van der Waals surface area (Å²) < 4.78 is 19.0. The minimum atomic E-state index is -0.384. The molecule has 0 atom stereocenters. The molecule has 0 aliphatic rings. The zero-order valence-electron chi connectivity index (χ0n) is 13.0. The van der Waals surface area contributed by atoms with E-state index in [4.69, 9.17) is 4.74 Å². The highest BCUT2D eigenvalue weighted by atomic mass is 79.9. The average Bonchev–Trinajstić information content (AvgIpc) is 2.54. The van der Waals surface area contributed by atoms with Crippen LogP contribution in [0.3, 0.4) is 0 Å². The molecule has 2 rings (SSSR count). The van der Waals surface area contributed by atoms with Crippen LogP contribution in [0.15, 0.2) is 53.0 Å². The van der Waals surface area contributed by atoms with Crippen molar-refractivity contribution in [2.24, 2.45) is 0 Å². The van der Waals surface area contributed by atoms with Crippen LogP contribution in [-0.4, -0.2) is 36.9 Å². The highest BCUT2D eigenvalue weighted by Crippen LogP contribution is 2.17. The molecule has 0 aliphatic carbocycles. The molecule has 1 N–H and O–H groups in total. The van der Waals surface area contributed by atoms with Gasteiger partial charge in [-0.25, -0.2) is 4.39 Å². The number of likely N-dealkylation sites (N-methyl/N-ethyl adjacent to an activating group) is 1. The summed E-state index contributed by atoms with van der Waals surface area (Å²) in [4.78, 5) is 25.1. The topological polar surface area (TPSA) is 58.6 Å². The molecular weight excluding hydrogens is 379 g/mol.